The van der Waals surface area contributed by atoms with Gasteiger partial charge in [-0.2, -0.15) is 18.3 Å². The number of hydrogen-bond donors (Lipinski definition) is 1. The van der Waals surface area contributed by atoms with Crippen LogP contribution < -0.4 is 0 Å². The predicted octanol–water partition coefficient (Wildman–Crippen LogP) is 1.78. The smallest absolute Gasteiger partial charge is 0.390 e. The van der Waals surface area contributed by atoms with Crippen LogP contribution in [0.25, 0.3) is 0 Å². The minimum atomic E-state index is -4.29. The second-order valence-corrected chi connectivity index (χ2v) is 3.57. The molecule has 1 heterocycles. The van der Waals surface area contributed by atoms with Gasteiger partial charge >= 0.3 is 6.18 Å². The van der Waals surface area contributed by atoms with E-state index in [4.69, 9.17) is 5.11 Å². The molecule has 1 rings (SSSR count). The van der Waals surface area contributed by atoms with Crippen LogP contribution in [0.2, 0.25) is 0 Å². The molecule has 3 nitrogen and oxygen atoms in total. The molecule has 1 aromatic heterocycles. The first-order valence-electron chi connectivity index (χ1n) is 3.73. The van der Waals surface area contributed by atoms with E-state index in [2.05, 4.69) is 21.0 Å². The Hall–Kier alpha value is -0.560. The van der Waals surface area contributed by atoms with Crippen LogP contribution in [0.15, 0.2) is 4.47 Å². The summed E-state index contributed by atoms with van der Waals surface area (Å²) in [7, 11) is 1.48. The van der Waals surface area contributed by atoms with E-state index in [0.29, 0.717) is 5.69 Å². The van der Waals surface area contributed by atoms with Crippen molar-refractivity contribution >= 4 is 15.9 Å². The van der Waals surface area contributed by atoms with Crippen LogP contribution in [0.1, 0.15) is 11.4 Å². The summed E-state index contributed by atoms with van der Waals surface area (Å²) < 4.78 is 37.6. The van der Waals surface area contributed by atoms with Gasteiger partial charge in [0, 0.05) is 7.05 Å². The normalized spacial score (nSPS) is 12.1. The highest BCUT2D eigenvalue weighted by Gasteiger charge is 2.31. The molecule has 0 aliphatic carbocycles. The summed E-state index contributed by atoms with van der Waals surface area (Å²) in [5.41, 5.74) is 0.230. The van der Waals surface area contributed by atoms with E-state index in [1.54, 1.807) is 0 Å². The summed E-state index contributed by atoms with van der Waals surface area (Å²) in [4.78, 5) is 0. The first kappa shape index (κ1) is 11.5. The second-order valence-electron chi connectivity index (χ2n) is 2.78. The standard InChI is InChI=1S/C7H8BrF3N2O/c1-13-5(3-14)6(8)4(12-13)2-7(9,10)11/h14H,2-3H2,1H3. The number of aliphatic hydroxyl groups is 1. The third kappa shape index (κ3) is 2.48. The SMILES string of the molecule is Cn1nc(CC(F)(F)F)c(Br)c1CO. The Kier molecular flexibility index (Phi) is 3.20. The van der Waals surface area contributed by atoms with Crippen LogP contribution in [-0.2, 0) is 20.1 Å². The Morgan fingerprint density at radius 2 is 2.07 bits per heavy atom. The Bertz CT molecular complexity index is 334. The lowest BCUT2D eigenvalue weighted by Crippen LogP contribution is -2.12. The number of halogens is 4. The van der Waals surface area contributed by atoms with Crippen molar-refractivity contribution in [2.75, 3.05) is 0 Å². The van der Waals surface area contributed by atoms with Crippen molar-refractivity contribution in [3.05, 3.63) is 15.9 Å². The number of aryl methyl sites for hydroxylation is 1. The van der Waals surface area contributed by atoms with Gasteiger partial charge in [0.15, 0.2) is 0 Å². The Morgan fingerprint density at radius 3 is 2.43 bits per heavy atom. The van der Waals surface area contributed by atoms with Crippen molar-refractivity contribution < 1.29 is 18.3 Å². The molecule has 0 spiro atoms. The largest absolute Gasteiger partial charge is 0.394 e. The molecule has 1 aromatic rings. The molecule has 0 fully saturated rings. The fourth-order valence-corrected chi connectivity index (χ4v) is 1.67. The fourth-order valence-electron chi connectivity index (χ4n) is 1.07. The molecule has 0 atom stereocenters. The predicted molar refractivity (Wildman–Crippen MR) is 46.6 cm³/mol. The summed E-state index contributed by atoms with van der Waals surface area (Å²) >= 11 is 2.97. The molecule has 0 saturated heterocycles. The Balaban J connectivity index is 3.00. The van der Waals surface area contributed by atoms with Gasteiger partial charge in [-0.15, -0.1) is 0 Å². The van der Waals surface area contributed by atoms with E-state index in [9.17, 15) is 13.2 Å². The van der Waals surface area contributed by atoms with Crippen molar-refractivity contribution in [3.8, 4) is 0 Å². The van der Waals surface area contributed by atoms with Gasteiger partial charge in [-0.25, -0.2) is 0 Å². The summed E-state index contributed by atoms with van der Waals surface area (Å²) in [6, 6.07) is 0. The molecule has 0 amide bonds. The fraction of sp³-hybridized carbons (Fsp3) is 0.571. The summed E-state index contributed by atoms with van der Waals surface area (Å²) in [5.74, 6) is 0. The molecule has 14 heavy (non-hydrogen) atoms. The Labute approximate surface area is 86.7 Å². The highest BCUT2D eigenvalue weighted by molar-refractivity contribution is 9.10. The van der Waals surface area contributed by atoms with Crippen LogP contribution >= 0.6 is 15.9 Å². The molecule has 0 bridgehead atoms. The second kappa shape index (κ2) is 3.90. The van der Waals surface area contributed by atoms with Gasteiger partial charge in [-0.1, -0.05) is 0 Å². The quantitative estimate of drug-likeness (QED) is 0.891. The molecule has 80 valence electrons. The molecule has 0 aromatic carbocycles. The average Bonchev–Trinajstić information content (AvgIpc) is 2.24. The van der Waals surface area contributed by atoms with Crippen molar-refractivity contribution in [1.82, 2.24) is 9.78 Å². The maximum Gasteiger partial charge on any atom is 0.394 e. The topological polar surface area (TPSA) is 38.0 Å². The number of nitrogens with zero attached hydrogens (tertiary/aromatic N) is 2. The molecule has 7 heteroatoms. The molecular formula is C7H8BrF3N2O. The van der Waals surface area contributed by atoms with Crippen molar-refractivity contribution in [2.45, 2.75) is 19.2 Å². The number of hydrogen-bond acceptors (Lipinski definition) is 2. The lowest BCUT2D eigenvalue weighted by molar-refractivity contribution is -0.128. The van der Waals surface area contributed by atoms with Crippen molar-refractivity contribution in [1.29, 1.82) is 0 Å². The van der Waals surface area contributed by atoms with Gasteiger partial charge in [0.2, 0.25) is 0 Å². The first-order valence-corrected chi connectivity index (χ1v) is 4.52. The third-order valence-corrected chi connectivity index (χ3v) is 2.60. The first-order chi connectivity index (χ1) is 6.35. The number of rotatable bonds is 2. The molecule has 1 N–H and O–H groups in total. The minimum Gasteiger partial charge on any atom is -0.390 e. The number of aromatic nitrogens is 2. The molecule has 0 radical (unpaired) electrons. The third-order valence-electron chi connectivity index (χ3n) is 1.69. The van der Waals surface area contributed by atoms with E-state index >= 15 is 0 Å². The van der Waals surface area contributed by atoms with Gasteiger partial charge in [0.05, 0.1) is 28.9 Å². The van der Waals surface area contributed by atoms with Gasteiger partial charge in [0.25, 0.3) is 0 Å². The zero-order chi connectivity index (χ0) is 10.9. The van der Waals surface area contributed by atoms with Crippen molar-refractivity contribution in [2.24, 2.45) is 7.05 Å². The van der Waals surface area contributed by atoms with E-state index in [0.717, 1.165) is 0 Å². The molecule has 0 aliphatic rings. The maximum atomic E-state index is 12.0. The summed E-state index contributed by atoms with van der Waals surface area (Å²) in [5, 5.41) is 12.5. The maximum absolute atomic E-state index is 12.0. The van der Waals surface area contributed by atoms with Crippen LogP contribution in [0.4, 0.5) is 13.2 Å². The molecule has 0 unspecified atom stereocenters. The van der Waals surface area contributed by atoms with Gasteiger partial charge in [-0.3, -0.25) is 4.68 Å². The molecule has 0 saturated carbocycles. The zero-order valence-corrected chi connectivity index (χ0v) is 8.85. The van der Waals surface area contributed by atoms with E-state index in [1.165, 1.54) is 11.7 Å². The highest BCUT2D eigenvalue weighted by Crippen LogP contribution is 2.27. The van der Waals surface area contributed by atoms with Gasteiger partial charge in [-0.05, 0) is 15.9 Å². The van der Waals surface area contributed by atoms with Crippen molar-refractivity contribution in [3.63, 3.8) is 0 Å². The van der Waals surface area contributed by atoms with Crippen LogP contribution in [0.3, 0.4) is 0 Å². The zero-order valence-electron chi connectivity index (χ0n) is 7.27. The van der Waals surface area contributed by atoms with E-state index in [1.807, 2.05) is 0 Å². The van der Waals surface area contributed by atoms with E-state index in [-0.39, 0.29) is 16.8 Å². The number of alkyl halides is 3. The minimum absolute atomic E-state index is 0.107. The molecule has 0 aliphatic heterocycles. The van der Waals surface area contributed by atoms with Crippen LogP contribution in [0, 0.1) is 0 Å². The lowest BCUT2D eigenvalue weighted by atomic mass is 10.3. The summed E-state index contributed by atoms with van der Waals surface area (Å²) in [6.07, 6.45) is -5.38. The summed E-state index contributed by atoms with van der Waals surface area (Å²) in [6.45, 7) is -0.345. The average molecular weight is 273 g/mol. The highest BCUT2D eigenvalue weighted by atomic mass is 79.9. The lowest BCUT2D eigenvalue weighted by Gasteiger charge is -2.02. The van der Waals surface area contributed by atoms with Crippen LogP contribution in [-0.4, -0.2) is 21.1 Å². The van der Waals surface area contributed by atoms with Gasteiger partial charge < -0.3 is 5.11 Å². The Morgan fingerprint density at radius 1 is 1.50 bits per heavy atom. The monoisotopic (exact) mass is 272 g/mol. The van der Waals surface area contributed by atoms with E-state index < -0.39 is 12.6 Å². The number of aliphatic hydroxyl groups excluding tert-OH is 1. The van der Waals surface area contributed by atoms with Gasteiger partial charge in [0.1, 0.15) is 0 Å². The van der Waals surface area contributed by atoms with Crippen LogP contribution in [0.5, 0.6) is 0 Å². The molecular weight excluding hydrogens is 265 g/mol.